The molecule has 0 radical (unpaired) electrons. The van der Waals surface area contributed by atoms with Crippen molar-refractivity contribution in [3.8, 4) is 5.75 Å². The minimum atomic E-state index is -3.50. The molecule has 24 heavy (non-hydrogen) atoms. The van der Waals surface area contributed by atoms with Crippen LogP contribution in [0.25, 0.3) is 0 Å². The molecule has 1 aliphatic carbocycles. The third-order valence-electron chi connectivity index (χ3n) is 4.16. The maximum atomic E-state index is 12.4. The average Bonchev–Trinajstić information content (AvgIpc) is 3.39. The van der Waals surface area contributed by atoms with Crippen molar-refractivity contribution in [2.75, 3.05) is 5.75 Å². The molecule has 1 aromatic rings. The van der Waals surface area contributed by atoms with Gasteiger partial charge in [0.1, 0.15) is 5.75 Å². The molecule has 6 heteroatoms. The van der Waals surface area contributed by atoms with Crippen molar-refractivity contribution in [1.82, 2.24) is 4.90 Å². The minimum Gasteiger partial charge on any atom is -0.382 e. The molecule has 0 aliphatic heterocycles. The van der Waals surface area contributed by atoms with Gasteiger partial charge < -0.3 is 9.08 Å². The molecule has 0 spiro atoms. The normalized spacial score (nSPS) is 14.4. The van der Waals surface area contributed by atoms with Gasteiger partial charge in [-0.1, -0.05) is 31.9 Å². The molecule has 0 aromatic heterocycles. The van der Waals surface area contributed by atoms with E-state index in [-0.39, 0.29) is 11.7 Å². The topological polar surface area (TPSA) is 63.7 Å². The van der Waals surface area contributed by atoms with Crippen molar-refractivity contribution in [2.45, 2.75) is 65.0 Å². The van der Waals surface area contributed by atoms with Crippen molar-refractivity contribution < 1.29 is 17.4 Å². The van der Waals surface area contributed by atoms with Crippen LogP contribution in [0.5, 0.6) is 5.75 Å². The first-order valence-corrected chi connectivity index (χ1v) is 10.3. The molecule has 0 atom stereocenters. The summed E-state index contributed by atoms with van der Waals surface area (Å²) in [5.41, 5.74) is 0.993. The maximum absolute atomic E-state index is 12.4. The zero-order valence-corrected chi connectivity index (χ0v) is 15.3. The summed E-state index contributed by atoms with van der Waals surface area (Å²) in [5.74, 6) is 0.476. The molecule has 1 aliphatic rings. The molecule has 1 saturated carbocycles. The Morgan fingerprint density at radius 1 is 1.17 bits per heavy atom. The van der Waals surface area contributed by atoms with Crippen molar-refractivity contribution in [2.24, 2.45) is 0 Å². The lowest BCUT2D eigenvalue weighted by molar-refractivity contribution is -0.132. The van der Waals surface area contributed by atoms with E-state index in [0.29, 0.717) is 24.8 Å². The number of nitrogens with zero attached hydrogens (tertiary/aromatic N) is 1. The van der Waals surface area contributed by atoms with E-state index >= 15 is 0 Å². The van der Waals surface area contributed by atoms with Gasteiger partial charge in [-0.2, -0.15) is 8.42 Å². The molecule has 5 nitrogen and oxygen atoms in total. The molecule has 1 fully saturated rings. The third-order valence-corrected chi connectivity index (χ3v) is 5.31. The van der Waals surface area contributed by atoms with E-state index in [1.54, 1.807) is 19.1 Å². The van der Waals surface area contributed by atoms with Gasteiger partial charge in [-0.15, -0.1) is 0 Å². The second-order valence-electron chi connectivity index (χ2n) is 6.28. The highest BCUT2D eigenvalue weighted by Crippen LogP contribution is 2.29. The predicted octanol–water partition coefficient (Wildman–Crippen LogP) is 3.49. The molecule has 0 N–H and O–H groups in total. The largest absolute Gasteiger partial charge is 0.382 e. The molecule has 0 unspecified atom stereocenters. The van der Waals surface area contributed by atoms with Gasteiger partial charge >= 0.3 is 10.1 Å². The number of amides is 1. The third kappa shape index (κ3) is 5.82. The summed E-state index contributed by atoms with van der Waals surface area (Å²) in [6.45, 7) is 4.25. The Morgan fingerprint density at radius 3 is 2.38 bits per heavy atom. The molecule has 134 valence electrons. The number of unbranched alkanes of at least 4 members (excludes halogenated alkanes) is 2. The zero-order valence-electron chi connectivity index (χ0n) is 14.5. The lowest BCUT2D eigenvalue weighted by Gasteiger charge is -2.23. The highest BCUT2D eigenvalue weighted by Gasteiger charge is 2.32. The molecule has 0 bridgehead atoms. The van der Waals surface area contributed by atoms with Gasteiger partial charge in [0.25, 0.3) is 0 Å². The number of rotatable bonds is 10. The van der Waals surface area contributed by atoms with Gasteiger partial charge in [0.2, 0.25) is 5.91 Å². The Bertz CT molecular complexity index is 635. The first-order chi connectivity index (χ1) is 11.4. The summed E-state index contributed by atoms with van der Waals surface area (Å²) in [7, 11) is -3.50. The Hall–Kier alpha value is -1.56. The van der Waals surface area contributed by atoms with Crippen LogP contribution in [0.3, 0.4) is 0 Å². The van der Waals surface area contributed by atoms with Gasteiger partial charge in [-0.25, -0.2) is 0 Å². The van der Waals surface area contributed by atoms with Gasteiger partial charge in [0.15, 0.2) is 0 Å². The molecule has 0 saturated heterocycles. The summed E-state index contributed by atoms with van der Waals surface area (Å²) in [4.78, 5) is 14.4. The number of hydrogen-bond acceptors (Lipinski definition) is 4. The molecular formula is C18H27NO4S. The lowest BCUT2D eigenvalue weighted by Crippen LogP contribution is -2.32. The molecule has 1 aromatic carbocycles. The fourth-order valence-corrected chi connectivity index (χ4v) is 3.05. The lowest BCUT2D eigenvalue weighted by atomic mass is 10.1. The first-order valence-electron chi connectivity index (χ1n) is 8.75. The van der Waals surface area contributed by atoms with E-state index in [9.17, 15) is 13.2 Å². The van der Waals surface area contributed by atoms with E-state index < -0.39 is 10.1 Å². The van der Waals surface area contributed by atoms with Gasteiger partial charge in [0, 0.05) is 19.0 Å². The van der Waals surface area contributed by atoms with Gasteiger partial charge in [-0.05, 0) is 43.9 Å². The Kier molecular flexibility index (Phi) is 6.66. The highest BCUT2D eigenvalue weighted by molar-refractivity contribution is 7.87. The Morgan fingerprint density at radius 2 is 1.83 bits per heavy atom. The van der Waals surface area contributed by atoms with Crippen molar-refractivity contribution in [1.29, 1.82) is 0 Å². The maximum Gasteiger partial charge on any atom is 0.308 e. The van der Waals surface area contributed by atoms with E-state index in [1.807, 2.05) is 17.0 Å². The number of carbonyl (C=O) groups excluding carboxylic acids is 1. The Labute approximate surface area is 145 Å². The smallest absolute Gasteiger partial charge is 0.308 e. The summed E-state index contributed by atoms with van der Waals surface area (Å²) in [6.07, 6.45) is 5.91. The van der Waals surface area contributed by atoms with Crippen LogP contribution in [0.4, 0.5) is 0 Å². The zero-order chi connectivity index (χ0) is 17.6. The summed E-state index contributed by atoms with van der Waals surface area (Å²) in [5, 5.41) is 0. The van der Waals surface area contributed by atoms with Crippen molar-refractivity contribution in [3.63, 3.8) is 0 Å². The van der Waals surface area contributed by atoms with Crippen molar-refractivity contribution >= 4 is 16.0 Å². The summed E-state index contributed by atoms with van der Waals surface area (Å²) in [6, 6.07) is 7.32. The fourth-order valence-electron chi connectivity index (χ4n) is 2.53. The second kappa shape index (κ2) is 8.51. The molecule has 1 amide bonds. The van der Waals surface area contributed by atoms with Crippen LogP contribution in [-0.4, -0.2) is 31.0 Å². The number of hydrogen-bond donors (Lipinski definition) is 0. The van der Waals surface area contributed by atoms with Crippen LogP contribution in [-0.2, 0) is 21.5 Å². The minimum absolute atomic E-state index is 0.0591. The summed E-state index contributed by atoms with van der Waals surface area (Å²) < 4.78 is 27.9. The Balaban J connectivity index is 1.96. The van der Waals surface area contributed by atoms with E-state index in [0.717, 1.165) is 37.7 Å². The highest BCUT2D eigenvalue weighted by atomic mass is 32.2. The average molecular weight is 353 g/mol. The van der Waals surface area contributed by atoms with E-state index in [2.05, 4.69) is 6.92 Å². The van der Waals surface area contributed by atoms with E-state index in [1.165, 1.54) is 0 Å². The van der Waals surface area contributed by atoms with Crippen LogP contribution < -0.4 is 4.18 Å². The van der Waals surface area contributed by atoms with Gasteiger partial charge in [-0.3, -0.25) is 4.79 Å². The van der Waals surface area contributed by atoms with Crippen LogP contribution in [0.2, 0.25) is 0 Å². The summed E-state index contributed by atoms with van der Waals surface area (Å²) >= 11 is 0. The van der Waals surface area contributed by atoms with Crippen LogP contribution in [0, 0.1) is 0 Å². The molecule has 0 heterocycles. The van der Waals surface area contributed by atoms with Gasteiger partial charge in [0.05, 0.1) is 5.75 Å². The fraction of sp³-hybridized carbons (Fsp3) is 0.611. The van der Waals surface area contributed by atoms with Crippen molar-refractivity contribution in [3.05, 3.63) is 29.8 Å². The van der Waals surface area contributed by atoms with Crippen LogP contribution in [0.1, 0.15) is 57.9 Å². The monoisotopic (exact) mass is 353 g/mol. The first kappa shape index (κ1) is 18.8. The van der Waals surface area contributed by atoms with E-state index in [4.69, 9.17) is 4.18 Å². The van der Waals surface area contributed by atoms with Crippen LogP contribution in [0.15, 0.2) is 24.3 Å². The standard InChI is InChI=1S/C18H27NO4S/c1-3-5-6-7-18(20)19(16-10-11-16)14-15-8-12-17(13-9-15)23-24(21,22)4-2/h8-9,12-13,16H,3-7,10-11,14H2,1-2H3. The molecular weight excluding hydrogens is 326 g/mol. The number of carbonyl (C=O) groups is 1. The van der Waals surface area contributed by atoms with Crippen LogP contribution >= 0.6 is 0 Å². The number of benzene rings is 1. The second-order valence-corrected chi connectivity index (χ2v) is 8.14. The SMILES string of the molecule is CCCCCC(=O)N(Cc1ccc(OS(=O)(=O)CC)cc1)C1CC1. The predicted molar refractivity (Wildman–Crippen MR) is 94.2 cm³/mol. The quantitative estimate of drug-likeness (QED) is 0.477. The molecule has 2 rings (SSSR count).